The van der Waals surface area contributed by atoms with Crippen LogP contribution in [0.25, 0.3) is 20.4 Å². The molecule has 0 atom stereocenters. The van der Waals surface area contributed by atoms with Gasteiger partial charge in [-0.3, -0.25) is 0 Å². The molecule has 0 aromatic carbocycles. The minimum absolute atomic E-state index is 0.619. The van der Waals surface area contributed by atoms with E-state index in [1.54, 1.807) is 17.7 Å². The molecule has 0 aliphatic heterocycles. The van der Waals surface area contributed by atoms with Crippen molar-refractivity contribution in [2.45, 2.75) is 52.4 Å². The van der Waals surface area contributed by atoms with Gasteiger partial charge in [0.2, 0.25) is 5.88 Å². The molecule has 0 unspecified atom stereocenters. The van der Waals surface area contributed by atoms with Crippen molar-refractivity contribution in [1.82, 2.24) is 15.0 Å². The van der Waals surface area contributed by atoms with Gasteiger partial charge < -0.3 is 4.74 Å². The lowest BCUT2D eigenvalue weighted by Crippen LogP contribution is -1.98. The Morgan fingerprint density at radius 1 is 1.17 bits per heavy atom. The first kappa shape index (κ1) is 14.8. The van der Waals surface area contributed by atoms with Crippen LogP contribution >= 0.6 is 11.3 Å². The molecular weight excluding hydrogens is 306 g/mol. The molecule has 4 nitrogen and oxygen atoms in total. The largest absolute Gasteiger partial charge is 0.477 e. The van der Waals surface area contributed by atoms with Gasteiger partial charge in [-0.2, -0.15) is 0 Å². The summed E-state index contributed by atoms with van der Waals surface area (Å²) in [5.41, 5.74) is 5.30. The Morgan fingerprint density at radius 3 is 2.87 bits per heavy atom. The molecule has 0 N–H and O–H groups in total. The SMILES string of the molecule is CCCCc1nc2sc3c(OCC)ncnc3c2c2c1CCC2. The maximum Gasteiger partial charge on any atom is 0.234 e. The van der Waals surface area contributed by atoms with Gasteiger partial charge in [0.15, 0.2) is 0 Å². The summed E-state index contributed by atoms with van der Waals surface area (Å²) >= 11 is 1.68. The van der Waals surface area contributed by atoms with Gasteiger partial charge in [0, 0.05) is 11.1 Å². The van der Waals surface area contributed by atoms with Gasteiger partial charge in [-0.25, -0.2) is 15.0 Å². The highest BCUT2D eigenvalue weighted by Crippen LogP contribution is 2.41. The molecule has 0 radical (unpaired) electrons. The third-order valence-electron chi connectivity index (χ3n) is 4.57. The monoisotopic (exact) mass is 327 g/mol. The van der Waals surface area contributed by atoms with E-state index < -0.39 is 0 Å². The minimum Gasteiger partial charge on any atom is -0.477 e. The molecule has 0 bridgehead atoms. The third kappa shape index (κ3) is 2.38. The predicted octanol–water partition coefficient (Wildman–Crippen LogP) is 4.47. The highest BCUT2D eigenvalue weighted by Gasteiger charge is 2.24. The zero-order chi connectivity index (χ0) is 15.8. The Hall–Kier alpha value is -1.75. The molecule has 0 fully saturated rings. The average molecular weight is 327 g/mol. The smallest absolute Gasteiger partial charge is 0.234 e. The number of aromatic nitrogens is 3. The fourth-order valence-corrected chi connectivity index (χ4v) is 4.67. The van der Waals surface area contributed by atoms with Gasteiger partial charge in [0.05, 0.1) is 12.1 Å². The van der Waals surface area contributed by atoms with E-state index in [0.717, 1.165) is 34.3 Å². The van der Waals surface area contributed by atoms with Crippen LogP contribution in [0.2, 0.25) is 0 Å². The number of aryl methyl sites for hydroxylation is 2. The summed E-state index contributed by atoms with van der Waals surface area (Å²) < 4.78 is 6.74. The number of hydrogen-bond donors (Lipinski definition) is 0. The van der Waals surface area contributed by atoms with E-state index in [1.807, 2.05) is 6.92 Å². The Morgan fingerprint density at radius 2 is 2.04 bits per heavy atom. The Balaban J connectivity index is 1.98. The highest BCUT2D eigenvalue weighted by molar-refractivity contribution is 7.25. The van der Waals surface area contributed by atoms with Crippen molar-refractivity contribution in [3.05, 3.63) is 23.1 Å². The van der Waals surface area contributed by atoms with E-state index in [1.165, 1.54) is 41.5 Å². The van der Waals surface area contributed by atoms with Crippen molar-refractivity contribution >= 4 is 31.8 Å². The van der Waals surface area contributed by atoms with Crippen molar-refractivity contribution in [3.63, 3.8) is 0 Å². The maximum absolute atomic E-state index is 5.69. The zero-order valence-corrected chi connectivity index (χ0v) is 14.5. The second kappa shape index (κ2) is 6.04. The molecular formula is C18H21N3OS. The Labute approximate surface area is 139 Å². The van der Waals surface area contributed by atoms with E-state index in [4.69, 9.17) is 9.72 Å². The molecule has 3 aromatic rings. The normalized spacial score (nSPS) is 13.8. The van der Waals surface area contributed by atoms with Crippen LogP contribution in [-0.2, 0) is 19.3 Å². The van der Waals surface area contributed by atoms with Gasteiger partial charge in [0.25, 0.3) is 0 Å². The lowest BCUT2D eigenvalue weighted by atomic mass is 10.0. The van der Waals surface area contributed by atoms with E-state index in [0.29, 0.717) is 12.5 Å². The number of nitrogens with zero attached hydrogens (tertiary/aromatic N) is 3. The summed E-state index contributed by atoms with van der Waals surface area (Å²) in [6, 6.07) is 0. The molecule has 3 heterocycles. The number of ether oxygens (including phenoxy) is 1. The fraction of sp³-hybridized carbons (Fsp3) is 0.500. The molecule has 0 spiro atoms. The topological polar surface area (TPSA) is 47.9 Å². The molecule has 4 rings (SSSR count). The molecule has 120 valence electrons. The summed E-state index contributed by atoms with van der Waals surface area (Å²) in [7, 11) is 0. The first-order chi connectivity index (χ1) is 11.3. The predicted molar refractivity (Wildman–Crippen MR) is 94.5 cm³/mol. The van der Waals surface area contributed by atoms with Gasteiger partial charge in [-0.05, 0) is 50.2 Å². The zero-order valence-electron chi connectivity index (χ0n) is 13.7. The van der Waals surface area contributed by atoms with Crippen LogP contribution in [0.3, 0.4) is 0 Å². The first-order valence-corrected chi connectivity index (χ1v) is 9.35. The molecule has 0 saturated carbocycles. The number of hydrogen-bond acceptors (Lipinski definition) is 5. The second-order valence-corrected chi connectivity index (χ2v) is 7.04. The Kier molecular flexibility index (Phi) is 3.89. The lowest BCUT2D eigenvalue weighted by molar-refractivity contribution is 0.331. The van der Waals surface area contributed by atoms with Crippen LogP contribution < -0.4 is 4.74 Å². The molecule has 5 heteroatoms. The molecule has 0 amide bonds. The van der Waals surface area contributed by atoms with Crippen molar-refractivity contribution in [2.75, 3.05) is 6.61 Å². The number of rotatable bonds is 5. The summed E-state index contributed by atoms with van der Waals surface area (Å²) in [5.74, 6) is 0.697. The molecule has 1 aliphatic carbocycles. The highest BCUT2D eigenvalue weighted by atomic mass is 32.1. The first-order valence-electron chi connectivity index (χ1n) is 8.54. The fourth-order valence-electron chi connectivity index (χ4n) is 3.55. The van der Waals surface area contributed by atoms with Crippen molar-refractivity contribution in [2.24, 2.45) is 0 Å². The van der Waals surface area contributed by atoms with E-state index >= 15 is 0 Å². The maximum atomic E-state index is 5.69. The number of thiophene rings is 1. The molecule has 0 saturated heterocycles. The van der Waals surface area contributed by atoms with Crippen molar-refractivity contribution < 1.29 is 4.74 Å². The number of pyridine rings is 1. The third-order valence-corrected chi connectivity index (χ3v) is 5.63. The second-order valence-electron chi connectivity index (χ2n) is 6.04. The van der Waals surface area contributed by atoms with Crippen LogP contribution in [0.15, 0.2) is 6.33 Å². The molecule has 23 heavy (non-hydrogen) atoms. The number of fused-ring (bicyclic) bond motifs is 5. The van der Waals surface area contributed by atoms with Crippen LogP contribution in [0.4, 0.5) is 0 Å². The van der Waals surface area contributed by atoms with E-state index in [9.17, 15) is 0 Å². The van der Waals surface area contributed by atoms with Gasteiger partial charge >= 0.3 is 0 Å². The standard InChI is InChI=1S/C18H21N3OS/c1-3-5-9-13-11-7-6-8-12(11)14-15-16(23-18(14)21-13)17(22-4-2)20-10-19-15/h10H,3-9H2,1-2H3. The van der Waals surface area contributed by atoms with E-state index in [-0.39, 0.29) is 0 Å². The summed E-state index contributed by atoms with van der Waals surface area (Å²) in [6.07, 6.45) is 8.67. The van der Waals surface area contributed by atoms with Crippen molar-refractivity contribution in [3.8, 4) is 5.88 Å². The van der Waals surface area contributed by atoms with Crippen LogP contribution in [0.5, 0.6) is 5.88 Å². The van der Waals surface area contributed by atoms with Gasteiger partial charge in [0.1, 0.15) is 15.9 Å². The lowest BCUT2D eigenvalue weighted by Gasteiger charge is -2.08. The van der Waals surface area contributed by atoms with Crippen molar-refractivity contribution in [1.29, 1.82) is 0 Å². The van der Waals surface area contributed by atoms with E-state index in [2.05, 4.69) is 16.9 Å². The number of unbranched alkanes of at least 4 members (excludes halogenated alkanes) is 1. The minimum atomic E-state index is 0.619. The summed E-state index contributed by atoms with van der Waals surface area (Å²) in [6.45, 7) is 4.84. The quantitative estimate of drug-likeness (QED) is 0.694. The van der Waals surface area contributed by atoms with Crippen LogP contribution in [0.1, 0.15) is 49.9 Å². The van der Waals surface area contributed by atoms with Gasteiger partial charge in [-0.1, -0.05) is 13.3 Å². The summed E-state index contributed by atoms with van der Waals surface area (Å²) in [5, 5.41) is 1.25. The van der Waals surface area contributed by atoms with Crippen LogP contribution in [-0.4, -0.2) is 21.6 Å². The summed E-state index contributed by atoms with van der Waals surface area (Å²) in [4.78, 5) is 15.0. The molecule has 1 aliphatic rings. The molecule has 3 aromatic heterocycles. The Bertz CT molecular complexity index is 872. The van der Waals surface area contributed by atoms with Crippen LogP contribution in [0, 0.1) is 0 Å². The van der Waals surface area contributed by atoms with Gasteiger partial charge in [-0.15, -0.1) is 11.3 Å². The average Bonchev–Trinajstić information content (AvgIpc) is 3.17.